The van der Waals surface area contributed by atoms with Crippen molar-refractivity contribution in [2.24, 2.45) is 10.9 Å². The minimum Gasteiger partial charge on any atom is -0.340 e. The van der Waals surface area contributed by atoms with Crippen molar-refractivity contribution >= 4 is 63.1 Å². The molecule has 7 aromatic rings. The van der Waals surface area contributed by atoms with E-state index in [1.165, 1.54) is 11.2 Å². The summed E-state index contributed by atoms with van der Waals surface area (Å²) in [7, 11) is 0. The van der Waals surface area contributed by atoms with Gasteiger partial charge in [0.2, 0.25) is 11.9 Å². The van der Waals surface area contributed by atoms with Crippen LogP contribution in [0.25, 0.3) is 21.7 Å². The number of hydrogen-bond acceptors (Lipinski definition) is 11. The summed E-state index contributed by atoms with van der Waals surface area (Å²) in [4.78, 5) is 55.0. The molecule has 1 aliphatic carbocycles. The number of fused-ring (bicyclic) bond motifs is 4. The molecule has 2 amide bonds. The minimum absolute atomic E-state index is 0.0375. The van der Waals surface area contributed by atoms with E-state index in [4.69, 9.17) is 21.6 Å². The van der Waals surface area contributed by atoms with Gasteiger partial charge in [0.15, 0.2) is 5.82 Å². The van der Waals surface area contributed by atoms with E-state index >= 15 is 0 Å². The molecule has 0 unspecified atom stereocenters. The summed E-state index contributed by atoms with van der Waals surface area (Å²) in [6.45, 7) is 12.8. The number of alkyl halides is 3. The predicted octanol–water partition coefficient (Wildman–Crippen LogP) is 10.0. The van der Waals surface area contributed by atoms with Gasteiger partial charge in [-0.05, 0) is 101 Å². The molecule has 3 aliphatic heterocycles. The van der Waals surface area contributed by atoms with Gasteiger partial charge in [0, 0.05) is 102 Å². The van der Waals surface area contributed by atoms with E-state index in [2.05, 4.69) is 48.8 Å². The maximum Gasteiger partial charge on any atom is 0.416 e. The third-order valence-electron chi connectivity index (χ3n) is 14.9. The van der Waals surface area contributed by atoms with Gasteiger partial charge in [-0.1, -0.05) is 36.6 Å². The average Bonchev–Trinajstić information content (AvgIpc) is 4.22. The Morgan fingerprint density at radius 2 is 1.62 bits per heavy atom. The number of carbonyl (C=O) groups is 2. The van der Waals surface area contributed by atoms with Gasteiger partial charge >= 0.3 is 6.18 Å². The molecule has 1 saturated carbocycles. The second kappa shape index (κ2) is 19.2. The van der Waals surface area contributed by atoms with Crippen LogP contribution in [0.2, 0.25) is 5.02 Å². The van der Waals surface area contributed by atoms with Crippen LogP contribution in [-0.4, -0.2) is 117 Å². The molecule has 0 spiro atoms. The first-order chi connectivity index (χ1) is 34.6. The van der Waals surface area contributed by atoms with Crippen molar-refractivity contribution < 1.29 is 22.8 Å². The summed E-state index contributed by atoms with van der Waals surface area (Å²) >= 11 is 8.00. The number of likely N-dealkylation sites (tertiary alicyclic amines) is 1. The lowest BCUT2D eigenvalue weighted by atomic mass is 9.95. The van der Waals surface area contributed by atoms with Gasteiger partial charge in [-0.25, -0.2) is 9.97 Å². The molecule has 2 aromatic carbocycles. The van der Waals surface area contributed by atoms with Crippen molar-refractivity contribution in [1.82, 2.24) is 53.6 Å². The number of piperidine rings is 1. The summed E-state index contributed by atoms with van der Waals surface area (Å²) in [6, 6.07) is 12.8. The number of halogens is 4. The zero-order chi connectivity index (χ0) is 50.0. The number of thiophene rings is 1. The third-order valence-corrected chi connectivity index (χ3v) is 16.3. The summed E-state index contributed by atoms with van der Waals surface area (Å²) in [5, 5.41) is 14.4. The van der Waals surface area contributed by atoms with Crippen LogP contribution in [0.15, 0.2) is 72.2 Å². The van der Waals surface area contributed by atoms with Crippen molar-refractivity contribution in [1.29, 1.82) is 0 Å². The number of nitrogens with zero attached hydrogens (tertiary/aromatic N) is 12. The molecular weight excluding hydrogens is 963 g/mol. The van der Waals surface area contributed by atoms with Crippen LogP contribution in [0.1, 0.15) is 112 Å². The van der Waals surface area contributed by atoms with Crippen LogP contribution in [0.5, 0.6) is 0 Å². The summed E-state index contributed by atoms with van der Waals surface area (Å²) in [5.74, 6) is 1.95. The Hall–Kier alpha value is -6.44. The van der Waals surface area contributed by atoms with Crippen molar-refractivity contribution in [3.8, 4) is 10.7 Å². The van der Waals surface area contributed by atoms with E-state index in [0.29, 0.717) is 71.1 Å². The minimum atomic E-state index is -4.58. The van der Waals surface area contributed by atoms with Gasteiger partial charge < -0.3 is 24.3 Å². The molecule has 1 atom stereocenters. The molecule has 3 fully saturated rings. The molecule has 4 aliphatic rings. The number of aliphatic imine (C=N–C) groups is 1. The van der Waals surface area contributed by atoms with Crippen LogP contribution in [0, 0.1) is 33.6 Å². The molecule has 1 N–H and O–H groups in total. The monoisotopic (exact) mass is 1020 g/mol. The van der Waals surface area contributed by atoms with E-state index in [1.54, 1.807) is 41.3 Å². The number of amides is 2. The quantitative estimate of drug-likeness (QED) is 0.141. The number of carbonyl (C=O) groups excluding carboxylic acids is 2. The number of aromatic nitrogens is 8. The molecule has 15 nitrogen and oxygen atoms in total. The van der Waals surface area contributed by atoms with Crippen molar-refractivity contribution in [2.75, 3.05) is 51.1 Å². The molecular formula is C52H55ClF3N13O2S. The first kappa shape index (κ1) is 47.9. The van der Waals surface area contributed by atoms with Gasteiger partial charge in [0.05, 0.1) is 29.7 Å². The molecule has 5 aromatic heterocycles. The number of benzene rings is 2. The largest absolute Gasteiger partial charge is 0.416 e. The molecule has 72 heavy (non-hydrogen) atoms. The average molecular weight is 1020 g/mol. The number of nitrogens with one attached hydrogen (secondary N) is 1. The number of piperazine rings is 1. The van der Waals surface area contributed by atoms with Crippen molar-refractivity contribution in [3.63, 3.8) is 0 Å². The molecule has 0 bridgehead atoms. The highest BCUT2D eigenvalue weighted by Crippen LogP contribution is 2.41. The second-order valence-electron chi connectivity index (χ2n) is 19.6. The Morgan fingerprint density at radius 3 is 2.33 bits per heavy atom. The van der Waals surface area contributed by atoms with E-state index in [1.807, 2.05) is 51.6 Å². The molecule has 0 radical (unpaired) electrons. The van der Waals surface area contributed by atoms with Crippen LogP contribution in [-0.2, 0) is 11.0 Å². The second-order valence-corrected chi connectivity index (χ2v) is 21.3. The lowest BCUT2D eigenvalue weighted by Crippen LogP contribution is -2.51. The highest BCUT2D eigenvalue weighted by molar-refractivity contribution is 7.15. The fourth-order valence-corrected chi connectivity index (χ4v) is 12.2. The molecule has 8 heterocycles. The Labute approximate surface area is 423 Å². The van der Waals surface area contributed by atoms with E-state index < -0.39 is 17.8 Å². The van der Waals surface area contributed by atoms with Crippen LogP contribution in [0.3, 0.4) is 0 Å². The Bertz CT molecular complexity index is 3230. The smallest absolute Gasteiger partial charge is 0.340 e. The zero-order valence-corrected chi connectivity index (χ0v) is 42.2. The Kier molecular flexibility index (Phi) is 12.8. The van der Waals surface area contributed by atoms with Crippen molar-refractivity contribution in [2.45, 2.75) is 90.9 Å². The normalized spacial score (nSPS) is 18.1. The maximum atomic E-state index is 14.5. The fraction of sp³-hybridized carbons (Fsp3) is 0.423. The van der Waals surface area contributed by atoms with Gasteiger partial charge in [-0.2, -0.15) is 18.2 Å². The lowest BCUT2D eigenvalue weighted by molar-refractivity contribution is -0.137. The zero-order valence-electron chi connectivity index (χ0n) is 40.6. The standard InChI is InChI=1S/C52H55ClF3N13O2S/c1-30-27-67(29-58-30)41-23-37(52(54,55)56)22-39(24-41)59-51-57-26-36-21-43(69(47(36)61-51)40-7-5-6-8-40)49(71)66-15-13-34(14-16-66)28-64-17-19-65(20-18-64)44(70)25-42-48-63-62-33(4)68(48)50-45(31(2)32(3)72-50)46(60-42)35-9-11-38(53)12-10-35/h9-12,21-24,26-27,29,34,40,42H,5-8,13-20,25,28H2,1-4H3,(H,57,59,61)/t42-/m0/s1. The van der Waals surface area contributed by atoms with Gasteiger partial charge in [0.25, 0.3) is 5.91 Å². The first-order valence-electron chi connectivity index (χ1n) is 24.7. The Balaban J connectivity index is 0.736. The van der Waals surface area contributed by atoms with Crippen LogP contribution >= 0.6 is 22.9 Å². The summed E-state index contributed by atoms with van der Waals surface area (Å²) < 4.78 is 47.9. The van der Waals surface area contributed by atoms with E-state index in [9.17, 15) is 22.8 Å². The van der Waals surface area contributed by atoms with E-state index in [0.717, 1.165) is 104 Å². The van der Waals surface area contributed by atoms with Gasteiger partial charge in [0.1, 0.15) is 28.2 Å². The van der Waals surface area contributed by atoms with Gasteiger partial charge in [-0.15, -0.1) is 21.5 Å². The third kappa shape index (κ3) is 9.30. The van der Waals surface area contributed by atoms with Gasteiger partial charge in [-0.3, -0.25) is 24.0 Å². The first-order valence-corrected chi connectivity index (χ1v) is 25.9. The molecule has 20 heteroatoms. The highest BCUT2D eigenvalue weighted by atomic mass is 35.5. The number of hydrogen-bond donors (Lipinski definition) is 1. The number of anilines is 2. The predicted molar refractivity (Wildman–Crippen MR) is 271 cm³/mol. The summed E-state index contributed by atoms with van der Waals surface area (Å²) in [5.41, 5.74) is 5.41. The Morgan fingerprint density at radius 1 is 0.875 bits per heavy atom. The van der Waals surface area contributed by atoms with Crippen molar-refractivity contribution in [3.05, 3.63) is 122 Å². The fourth-order valence-electron chi connectivity index (χ4n) is 10.9. The lowest BCUT2D eigenvalue weighted by Gasteiger charge is -2.39. The van der Waals surface area contributed by atoms with E-state index in [-0.39, 0.29) is 35.9 Å². The topological polar surface area (TPSA) is 147 Å². The SMILES string of the molecule is Cc1cn(-c2cc(Nc3ncc4cc(C(=O)N5CCC(CN6CCN(C(=O)C[C@@H]7N=C(c8ccc(Cl)cc8)c8c(sc(C)c8C)-n8c(C)nnc87)CC6)CC5)n(C5CCCC5)c4n3)cc(C(F)(F)F)c2)cn1. The molecule has 2 saturated heterocycles. The molecule has 11 rings (SSSR count). The maximum absolute atomic E-state index is 14.5. The number of aryl methyl sites for hydroxylation is 3. The van der Waals surface area contributed by atoms with Crippen LogP contribution in [0.4, 0.5) is 24.8 Å². The number of rotatable bonds is 10. The highest BCUT2D eigenvalue weighted by Gasteiger charge is 2.36. The molecule has 374 valence electrons. The van der Waals surface area contributed by atoms with Crippen LogP contribution < -0.4 is 5.32 Å². The summed E-state index contributed by atoms with van der Waals surface area (Å²) in [6.07, 6.45) is 5.95. The number of imidazole rings is 1.